The molecule has 0 spiro atoms. The molecule has 0 saturated heterocycles. The third kappa shape index (κ3) is 2.92. The van der Waals surface area contributed by atoms with Gasteiger partial charge < -0.3 is 10.0 Å². The first-order chi connectivity index (χ1) is 12.6. The van der Waals surface area contributed by atoms with Crippen molar-refractivity contribution < 1.29 is 9.90 Å². The second-order valence-electron chi connectivity index (χ2n) is 6.45. The van der Waals surface area contributed by atoms with Crippen LogP contribution in [-0.2, 0) is 19.4 Å². The van der Waals surface area contributed by atoms with Crippen LogP contribution in [0.3, 0.4) is 0 Å². The number of tetrazole rings is 1. The number of hydrogen-bond acceptors (Lipinski definition) is 6. The first-order valence-corrected chi connectivity index (χ1v) is 8.50. The van der Waals surface area contributed by atoms with Gasteiger partial charge in [0, 0.05) is 18.8 Å². The number of aromatic amines is 1. The number of amides is 1. The van der Waals surface area contributed by atoms with Crippen LogP contribution >= 0.6 is 0 Å². The first kappa shape index (κ1) is 16.2. The molecule has 0 unspecified atom stereocenters. The van der Waals surface area contributed by atoms with Gasteiger partial charge in [-0.15, -0.1) is 5.10 Å². The van der Waals surface area contributed by atoms with Gasteiger partial charge in [0.05, 0.1) is 23.5 Å². The molecule has 9 nitrogen and oxygen atoms in total. The molecule has 26 heavy (non-hydrogen) atoms. The van der Waals surface area contributed by atoms with Crippen molar-refractivity contribution in [2.75, 3.05) is 7.05 Å². The van der Waals surface area contributed by atoms with Crippen LogP contribution in [0.1, 0.15) is 40.2 Å². The first-order valence-electron chi connectivity index (χ1n) is 8.50. The maximum atomic E-state index is 12.7. The van der Waals surface area contributed by atoms with Crippen LogP contribution in [0.25, 0.3) is 5.69 Å². The summed E-state index contributed by atoms with van der Waals surface area (Å²) in [5, 5.41) is 28.6. The molecule has 0 radical (unpaired) electrons. The van der Waals surface area contributed by atoms with Crippen LogP contribution in [0.4, 0.5) is 0 Å². The van der Waals surface area contributed by atoms with E-state index >= 15 is 0 Å². The highest BCUT2D eigenvalue weighted by Gasteiger charge is 2.21. The van der Waals surface area contributed by atoms with Crippen LogP contribution in [0.2, 0.25) is 0 Å². The predicted molar refractivity (Wildman–Crippen MR) is 91.8 cm³/mol. The maximum absolute atomic E-state index is 12.7. The van der Waals surface area contributed by atoms with E-state index in [0.717, 1.165) is 25.0 Å². The molecule has 2 N–H and O–H groups in total. The van der Waals surface area contributed by atoms with Gasteiger partial charge in [0.1, 0.15) is 12.1 Å². The van der Waals surface area contributed by atoms with Gasteiger partial charge in [-0.1, -0.05) is 0 Å². The van der Waals surface area contributed by atoms with E-state index in [1.165, 1.54) is 34.8 Å². The molecule has 0 bridgehead atoms. The molecule has 2 heterocycles. The number of carbonyl (C=O) groups is 1. The molecular formula is C17H19N7O2. The van der Waals surface area contributed by atoms with Crippen LogP contribution in [0.5, 0.6) is 5.75 Å². The number of rotatable bonds is 4. The normalized spacial score (nSPS) is 13.4. The fraction of sp³-hybridized carbons (Fsp3) is 0.353. The number of fused-ring (bicyclic) bond motifs is 1. The van der Waals surface area contributed by atoms with E-state index in [1.54, 1.807) is 24.1 Å². The van der Waals surface area contributed by atoms with Crippen molar-refractivity contribution in [3.8, 4) is 11.4 Å². The summed E-state index contributed by atoms with van der Waals surface area (Å²) in [6.45, 7) is 0.402. The molecule has 0 saturated carbocycles. The third-order valence-corrected chi connectivity index (χ3v) is 4.70. The Hall–Kier alpha value is -3.23. The summed E-state index contributed by atoms with van der Waals surface area (Å²) in [7, 11) is 1.71. The summed E-state index contributed by atoms with van der Waals surface area (Å²) in [4.78, 5) is 14.3. The number of phenolic OH excluding ortho intramolecular Hbond substituents is 1. The second-order valence-corrected chi connectivity index (χ2v) is 6.45. The van der Waals surface area contributed by atoms with E-state index in [4.69, 9.17) is 0 Å². The average molecular weight is 353 g/mol. The lowest BCUT2D eigenvalue weighted by Crippen LogP contribution is -2.27. The molecule has 9 heteroatoms. The zero-order valence-corrected chi connectivity index (χ0v) is 14.4. The van der Waals surface area contributed by atoms with E-state index in [0.29, 0.717) is 12.2 Å². The van der Waals surface area contributed by atoms with Crippen LogP contribution in [0, 0.1) is 0 Å². The minimum atomic E-state index is -0.265. The van der Waals surface area contributed by atoms with Crippen LogP contribution in [0.15, 0.2) is 24.5 Å². The fourth-order valence-electron chi connectivity index (χ4n) is 3.31. The Labute approximate surface area is 149 Å². The average Bonchev–Trinajstić information content (AvgIpc) is 3.32. The molecule has 1 amide bonds. The number of H-pyrrole nitrogens is 1. The lowest BCUT2D eigenvalue weighted by molar-refractivity contribution is 0.0780. The number of aromatic hydroxyl groups is 1. The topological polar surface area (TPSA) is 113 Å². The molecule has 1 aromatic carbocycles. The van der Waals surface area contributed by atoms with Crippen molar-refractivity contribution >= 4 is 5.91 Å². The number of nitrogens with zero attached hydrogens (tertiary/aromatic N) is 6. The summed E-state index contributed by atoms with van der Waals surface area (Å²) in [6, 6.07) is 4.73. The highest BCUT2D eigenvalue weighted by Crippen LogP contribution is 2.25. The van der Waals surface area contributed by atoms with Gasteiger partial charge in [0.2, 0.25) is 0 Å². The lowest BCUT2D eigenvalue weighted by Gasteiger charge is -2.19. The molecule has 0 atom stereocenters. The standard InChI is InChI=1S/C17H19N7O2/c1-23(9-15-12-4-2-3-5-14(12)19-20-15)17(26)13-7-6-11(8-16(13)25)24-10-18-21-22-24/h6-8,10,25H,2-5,9H2,1H3,(H,19,20). The highest BCUT2D eigenvalue weighted by molar-refractivity contribution is 5.96. The number of aromatic nitrogens is 6. The summed E-state index contributed by atoms with van der Waals surface area (Å²) >= 11 is 0. The smallest absolute Gasteiger partial charge is 0.257 e. The van der Waals surface area contributed by atoms with Gasteiger partial charge in [-0.3, -0.25) is 9.89 Å². The zero-order chi connectivity index (χ0) is 18.1. The summed E-state index contributed by atoms with van der Waals surface area (Å²) in [6.07, 6.45) is 5.75. The minimum absolute atomic E-state index is 0.112. The summed E-state index contributed by atoms with van der Waals surface area (Å²) < 4.78 is 1.41. The second kappa shape index (κ2) is 6.58. The van der Waals surface area contributed by atoms with Crippen molar-refractivity contribution in [1.82, 2.24) is 35.3 Å². The Kier molecular flexibility index (Phi) is 4.11. The third-order valence-electron chi connectivity index (χ3n) is 4.70. The number of hydrogen-bond donors (Lipinski definition) is 2. The molecule has 3 aromatic rings. The van der Waals surface area contributed by atoms with Crippen molar-refractivity contribution in [3.63, 3.8) is 0 Å². The quantitative estimate of drug-likeness (QED) is 0.730. The van der Waals surface area contributed by atoms with Crippen LogP contribution < -0.4 is 0 Å². The fourth-order valence-corrected chi connectivity index (χ4v) is 3.31. The molecule has 2 aromatic heterocycles. The van der Waals surface area contributed by atoms with Gasteiger partial charge in [0.15, 0.2) is 0 Å². The Balaban J connectivity index is 1.53. The molecule has 134 valence electrons. The van der Waals surface area contributed by atoms with Crippen molar-refractivity contribution in [2.24, 2.45) is 0 Å². The Bertz CT molecular complexity index is 933. The van der Waals surface area contributed by atoms with E-state index in [1.807, 2.05) is 0 Å². The number of nitrogens with one attached hydrogen (secondary N) is 1. The van der Waals surface area contributed by atoms with Gasteiger partial charge in [-0.2, -0.15) is 5.10 Å². The van der Waals surface area contributed by atoms with Crippen LogP contribution in [-0.4, -0.2) is 53.4 Å². The summed E-state index contributed by atoms with van der Waals surface area (Å²) in [5.41, 5.74) is 4.12. The zero-order valence-electron chi connectivity index (χ0n) is 14.4. The number of carbonyl (C=O) groups excluding carboxylic acids is 1. The molecule has 1 aliphatic carbocycles. The van der Waals surface area contributed by atoms with Crippen molar-refractivity contribution in [3.05, 3.63) is 47.0 Å². The predicted octanol–water partition coefficient (Wildman–Crippen LogP) is 1.24. The molecular weight excluding hydrogens is 334 g/mol. The SMILES string of the molecule is CN(Cc1n[nH]c2c1CCCC2)C(=O)c1ccc(-n2cnnn2)cc1O. The number of phenols is 1. The number of aryl methyl sites for hydroxylation is 1. The lowest BCUT2D eigenvalue weighted by atomic mass is 9.96. The monoisotopic (exact) mass is 353 g/mol. The highest BCUT2D eigenvalue weighted by atomic mass is 16.3. The van der Waals surface area contributed by atoms with Gasteiger partial charge in [-0.25, -0.2) is 4.68 Å². The van der Waals surface area contributed by atoms with E-state index in [9.17, 15) is 9.90 Å². The Morgan fingerprint density at radius 2 is 2.19 bits per heavy atom. The van der Waals surface area contributed by atoms with Gasteiger partial charge >= 0.3 is 0 Å². The van der Waals surface area contributed by atoms with Gasteiger partial charge in [0.25, 0.3) is 5.91 Å². The largest absolute Gasteiger partial charge is 0.507 e. The Morgan fingerprint density at radius 3 is 2.96 bits per heavy atom. The Morgan fingerprint density at radius 1 is 1.35 bits per heavy atom. The molecule has 4 rings (SSSR count). The molecule has 0 fully saturated rings. The van der Waals surface area contributed by atoms with Gasteiger partial charge in [-0.05, 0) is 53.8 Å². The van der Waals surface area contributed by atoms with E-state index in [2.05, 4.69) is 25.7 Å². The molecule has 0 aliphatic heterocycles. The van der Waals surface area contributed by atoms with Crippen molar-refractivity contribution in [1.29, 1.82) is 0 Å². The minimum Gasteiger partial charge on any atom is -0.507 e. The molecule has 1 aliphatic rings. The van der Waals surface area contributed by atoms with Crippen molar-refractivity contribution in [2.45, 2.75) is 32.2 Å². The maximum Gasteiger partial charge on any atom is 0.257 e. The summed E-state index contributed by atoms with van der Waals surface area (Å²) in [5.74, 6) is -0.378. The number of benzene rings is 1. The van der Waals surface area contributed by atoms with E-state index < -0.39 is 0 Å². The van der Waals surface area contributed by atoms with E-state index in [-0.39, 0.29) is 17.2 Å².